The molecule has 0 amide bonds. The summed E-state index contributed by atoms with van der Waals surface area (Å²) in [5.74, 6) is 1.22. The second kappa shape index (κ2) is 5.98. The number of aromatic nitrogens is 6. The summed E-state index contributed by atoms with van der Waals surface area (Å²) in [7, 11) is 0. The van der Waals surface area contributed by atoms with Crippen molar-refractivity contribution in [3.8, 4) is 11.1 Å². The molecule has 0 saturated heterocycles. The Labute approximate surface area is 160 Å². The second-order valence-electron chi connectivity index (χ2n) is 7.23. The Bertz CT molecular complexity index is 1140. The van der Waals surface area contributed by atoms with Crippen molar-refractivity contribution in [2.45, 2.75) is 37.3 Å². The first kappa shape index (κ1) is 16.6. The van der Waals surface area contributed by atoms with E-state index in [1.54, 1.807) is 16.8 Å². The maximum atomic E-state index is 6.59. The lowest BCUT2D eigenvalue weighted by Crippen LogP contribution is -2.45. The van der Waals surface area contributed by atoms with E-state index in [9.17, 15) is 0 Å². The maximum absolute atomic E-state index is 6.59. The number of hydrogen-bond donors (Lipinski definition) is 2. The number of nitrogens with zero attached hydrogens (tertiary/aromatic N) is 6. The third kappa shape index (κ3) is 2.68. The Morgan fingerprint density at radius 2 is 1.89 bits per heavy atom. The van der Waals surface area contributed by atoms with E-state index >= 15 is 0 Å². The molecule has 1 saturated carbocycles. The van der Waals surface area contributed by atoms with E-state index in [-0.39, 0.29) is 6.04 Å². The molecule has 4 aromatic rings. The Hall–Kier alpha value is -2.55. The minimum absolute atomic E-state index is 0.223. The van der Waals surface area contributed by atoms with Crippen molar-refractivity contribution >= 4 is 22.9 Å². The van der Waals surface area contributed by atoms with Crippen LogP contribution in [0.5, 0.6) is 0 Å². The Balaban J connectivity index is 1.56. The van der Waals surface area contributed by atoms with Crippen molar-refractivity contribution in [3.05, 3.63) is 48.0 Å². The summed E-state index contributed by atoms with van der Waals surface area (Å²) in [5.41, 5.74) is 14.8. The first-order chi connectivity index (χ1) is 13.0. The number of hydrogen-bond acceptors (Lipinski definition) is 6. The van der Waals surface area contributed by atoms with Gasteiger partial charge in [0.05, 0.1) is 23.4 Å². The molecule has 0 aromatic carbocycles. The molecule has 27 heavy (non-hydrogen) atoms. The van der Waals surface area contributed by atoms with Crippen LogP contribution in [-0.4, -0.2) is 35.0 Å². The van der Waals surface area contributed by atoms with Gasteiger partial charge in [-0.15, -0.1) is 0 Å². The van der Waals surface area contributed by atoms with E-state index in [0.717, 1.165) is 42.3 Å². The zero-order valence-electron chi connectivity index (χ0n) is 14.6. The fourth-order valence-electron chi connectivity index (χ4n) is 3.74. The van der Waals surface area contributed by atoms with Crippen LogP contribution >= 0.6 is 11.6 Å². The van der Waals surface area contributed by atoms with Crippen LogP contribution in [-0.2, 0) is 5.54 Å². The van der Waals surface area contributed by atoms with Gasteiger partial charge >= 0.3 is 0 Å². The molecule has 5 rings (SSSR count). The lowest BCUT2D eigenvalue weighted by atomic mass is 9.80. The standard InChI is InChI=1S/C18H19ClN8/c19-15-9-24-17-23-7-11(10-26(15)17)13-3-6-27-14(13)8-22-16(25-27)18(21)4-1-12(20)2-5-18/h3,6-10,12H,1-2,4-5,20-21H2. The van der Waals surface area contributed by atoms with Gasteiger partial charge in [-0.25, -0.2) is 19.5 Å². The molecule has 1 aliphatic rings. The molecule has 0 atom stereocenters. The molecule has 4 heterocycles. The third-order valence-corrected chi connectivity index (χ3v) is 5.69. The predicted octanol–water partition coefficient (Wildman–Crippen LogP) is 2.15. The molecule has 1 aliphatic carbocycles. The molecular weight excluding hydrogens is 364 g/mol. The molecule has 0 bridgehead atoms. The summed E-state index contributed by atoms with van der Waals surface area (Å²) in [6.07, 6.45) is 12.4. The number of halogens is 1. The summed E-state index contributed by atoms with van der Waals surface area (Å²) >= 11 is 6.16. The molecule has 0 radical (unpaired) electrons. The number of rotatable bonds is 2. The van der Waals surface area contributed by atoms with Crippen molar-refractivity contribution in [3.63, 3.8) is 0 Å². The highest BCUT2D eigenvalue weighted by atomic mass is 35.5. The molecule has 8 nitrogen and oxygen atoms in total. The molecule has 4 N–H and O–H groups in total. The topological polar surface area (TPSA) is 112 Å². The monoisotopic (exact) mass is 382 g/mol. The van der Waals surface area contributed by atoms with Crippen LogP contribution in [0, 0.1) is 0 Å². The van der Waals surface area contributed by atoms with Gasteiger partial charge in [0.1, 0.15) is 5.15 Å². The number of nitrogens with two attached hydrogens (primary N) is 2. The Morgan fingerprint density at radius 1 is 1.11 bits per heavy atom. The van der Waals surface area contributed by atoms with E-state index in [0.29, 0.717) is 16.8 Å². The highest BCUT2D eigenvalue weighted by molar-refractivity contribution is 6.29. The molecule has 0 aliphatic heterocycles. The minimum Gasteiger partial charge on any atom is -0.328 e. The molecule has 4 aromatic heterocycles. The lowest BCUT2D eigenvalue weighted by molar-refractivity contribution is 0.262. The Morgan fingerprint density at radius 3 is 2.70 bits per heavy atom. The average molecular weight is 383 g/mol. The molecule has 9 heteroatoms. The van der Waals surface area contributed by atoms with E-state index in [1.165, 1.54) is 0 Å². The second-order valence-corrected chi connectivity index (χ2v) is 7.62. The van der Waals surface area contributed by atoms with Crippen LogP contribution in [0.3, 0.4) is 0 Å². The van der Waals surface area contributed by atoms with Crippen LogP contribution in [0.1, 0.15) is 31.5 Å². The van der Waals surface area contributed by atoms with Crippen molar-refractivity contribution in [1.82, 2.24) is 29.0 Å². The average Bonchev–Trinajstić information content (AvgIpc) is 3.27. The van der Waals surface area contributed by atoms with Crippen molar-refractivity contribution in [2.75, 3.05) is 0 Å². The highest BCUT2D eigenvalue weighted by Gasteiger charge is 2.35. The highest BCUT2D eigenvalue weighted by Crippen LogP contribution is 2.33. The Kier molecular flexibility index (Phi) is 3.68. The van der Waals surface area contributed by atoms with Gasteiger partial charge in [-0.1, -0.05) is 11.6 Å². The summed E-state index contributed by atoms with van der Waals surface area (Å²) in [6, 6.07) is 2.21. The van der Waals surface area contributed by atoms with Gasteiger partial charge in [-0.3, -0.25) is 4.40 Å². The lowest BCUT2D eigenvalue weighted by Gasteiger charge is -2.34. The molecule has 138 valence electrons. The van der Waals surface area contributed by atoms with E-state index in [4.69, 9.17) is 23.1 Å². The number of imidazole rings is 1. The van der Waals surface area contributed by atoms with Crippen LogP contribution in [0.2, 0.25) is 5.15 Å². The van der Waals surface area contributed by atoms with Crippen LogP contribution < -0.4 is 11.5 Å². The fraction of sp³-hybridized carbons (Fsp3) is 0.333. The van der Waals surface area contributed by atoms with E-state index in [1.807, 2.05) is 29.2 Å². The van der Waals surface area contributed by atoms with Gasteiger partial charge in [0, 0.05) is 35.8 Å². The summed E-state index contributed by atoms with van der Waals surface area (Å²) in [5, 5.41) is 5.20. The van der Waals surface area contributed by atoms with Crippen LogP contribution in [0.15, 0.2) is 37.1 Å². The SMILES string of the molecule is NC1CCC(N)(c2ncc3c(-c4cnc5ncc(Cl)n5c4)ccn3n2)CC1. The van der Waals surface area contributed by atoms with Gasteiger partial charge in [-0.2, -0.15) is 5.10 Å². The molecule has 1 fully saturated rings. The summed E-state index contributed by atoms with van der Waals surface area (Å²) in [6.45, 7) is 0. The first-order valence-corrected chi connectivity index (χ1v) is 9.30. The van der Waals surface area contributed by atoms with Gasteiger partial charge in [-0.05, 0) is 31.7 Å². The molecule has 0 unspecified atom stereocenters. The van der Waals surface area contributed by atoms with E-state index in [2.05, 4.69) is 20.1 Å². The minimum atomic E-state index is -0.515. The van der Waals surface area contributed by atoms with Crippen LogP contribution in [0.4, 0.5) is 0 Å². The zero-order chi connectivity index (χ0) is 18.6. The normalized spacial score (nSPS) is 23.3. The quantitative estimate of drug-likeness (QED) is 0.549. The van der Waals surface area contributed by atoms with Gasteiger partial charge in [0.15, 0.2) is 5.82 Å². The largest absolute Gasteiger partial charge is 0.328 e. The predicted molar refractivity (Wildman–Crippen MR) is 102 cm³/mol. The zero-order valence-corrected chi connectivity index (χ0v) is 15.3. The molecular formula is C18H19ClN8. The first-order valence-electron chi connectivity index (χ1n) is 8.92. The third-order valence-electron chi connectivity index (χ3n) is 5.42. The van der Waals surface area contributed by atoms with Crippen molar-refractivity contribution in [1.29, 1.82) is 0 Å². The van der Waals surface area contributed by atoms with Crippen molar-refractivity contribution in [2.24, 2.45) is 11.5 Å². The van der Waals surface area contributed by atoms with E-state index < -0.39 is 5.54 Å². The van der Waals surface area contributed by atoms with Gasteiger partial charge in [0.2, 0.25) is 5.78 Å². The number of fused-ring (bicyclic) bond motifs is 2. The van der Waals surface area contributed by atoms with Crippen molar-refractivity contribution < 1.29 is 0 Å². The molecule has 0 spiro atoms. The van der Waals surface area contributed by atoms with Gasteiger partial charge in [0.25, 0.3) is 0 Å². The maximum Gasteiger partial charge on any atom is 0.234 e. The van der Waals surface area contributed by atoms with Crippen LogP contribution in [0.25, 0.3) is 22.4 Å². The van der Waals surface area contributed by atoms with Gasteiger partial charge < -0.3 is 11.5 Å². The summed E-state index contributed by atoms with van der Waals surface area (Å²) in [4.78, 5) is 13.1. The smallest absolute Gasteiger partial charge is 0.234 e. The fourth-order valence-corrected chi connectivity index (χ4v) is 3.91. The summed E-state index contributed by atoms with van der Waals surface area (Å²) < 4.78 is 3.57.